The maximum absolute atomic E-state index is 6.20. The molecule has 0 amide bonds. The van der Waals surface area contributed by atoms with Gasteiger partial charge in [0.1, 0.15) is 0 Å². The third-order valence-electron chi connectivity index (χ3n) is 3.79. The molecule has 16 heavy (non-hydrogen) atoms. The topological polar surface area (TPSA) is 21.3 Å². The van der Waals surface area contributed by atoms with Crippen molar-refractivity contribution >= 4 is 0 Å². The highest BCUT2D eigenvalue weighted by atomic mass is 16.5. The SMILES string of the molecule is CCCCOC1(CNCC)CCC(C)CC1. The van der Waals surface area contributed by atoms with Crippen LogP contribution in [0.5, 0.6) is 0 Å². The van der Waals surface area contributed by atoms with E-state index in [2.05, 4.69) is 26.1 Å². The number of hydrogen-bond donors (Lipinski definition) is 1. The minimum Gasteiger partial charge on any atom is -0.374 e. The highest BCUT2D eigenvalue weighted by molar-refractivity contribution is 4.88. The predicted octanol–water partition coefficient (Wildman–Crippen LogP) is 3.36. The monoisotopic (exact) mass is 227 g/mol. The van der Waals surface area contributed by atoms with E-state index in [0.717, 1.165) is 25.6 Å². The summed E-state index contributed by atoms with van der Waals surface area (Å²) in [4.78, 5) is 0. The molecule has 1 rings (SSSR count). The van der Waals surface area contributed by atoms with Crippen LogP contribution in [0.3, 0.4) is 0 Å². The summed E-state index contributed by atoms with van der Waals surface area (Å²) in [6.07, 6.45) is 7.57. The van der Waals surface area contributed by atoms with Crippen LogP contribution >= 0.6 is 0 Å². The van der Waals surface area contributed by atoms with Gasteiger partial charge < -0.3 is 10.1 Å². The Morgan fingerprint density at radius 2 is 1.94 bits per heavy atom. The lowest BCUT2D eigenvalue weighted by Crippen LogP contribution is -2.46. The van der Waals surface area contributed by atoms with Crippen molar-refractivity contribution in [2.75, 3.05) is 19.7 Å². The van der Waals surface area contributed by atoms with E-state index in [1.54, 1.807) is 0 Å². The predicted molar refractivity (Wildman–Crippen MR) is 69.8 cm³/mol. The van der Waals surface area contributed by atoms with Crippen LogP contribution in [0, 0.1) is 5.92 Å². The van der Waals surface area contributed by atoms with Crippen LogP contribution in [0.1, 0.15) is 59.3 Å². The molecule has 0 aromatic carbocycles. The first-order valence-corrected chi connectivity index (χ1v) is 7.07. The van der Waals surface area contributed by atoms with Crippen LogP contribution in [0.2, 0.25) is 0 Å². The van der Waals surface area contributed by atoms with Crippen molar-refractivity contribution in [3.05, 3.63) is 0 Å². The summed E-state index contributed by atoms with van der Waals surface area (Å²) in [6.45, 7) is 9.79. The van der Waals surface area contributed by atoms with Gasteiger partial charge in [0.05, 0.1) is 5.60 Å². The van der Waals surface area contributed by atoms with E-state index in [0.29, 0.717) is 0 Å². The molecule has 1 saturated carbocycles. The maximum atomic E-state index is 6.20. The first kappa shape index (κ1) is 14.0. The Morgan fingerprint density at radius 3 is 2.50 bits per heavy atom. The molecule has 96 valence electrons. The van der Waals surface area contributed by atoms with E-state index in [1.165, 1.54) is 38.5 Å². The fourth-order valence-corrected chi connectivity index (χ4v) is 2.45. The van der Waals surface area contributed by atoms with Gasteiger partial charge in [-0.1, -0.05) is 27.2 Å². The summed E-state index contributed by atoms with van der Waals surface area (Å²) in [5.74, 6) is 0.893. The summed E-state index contributed by atoms with van der Waals surface area (Å²) >= 11 is 0. The quantitative estimate of drug-likeness (QED) is 0.673. The molecule has 0 atom stereocenters. The minimum absolute atomic E-state index is 0.150. The summed E-state index contributed by atoms with van der Waals surface area (Å²) in [5.41, 5.74) is 0.150. The Morgan fingerprint density at radius 1 is 1.25 bits per heavy atom. The van der Waals surface area contributed by atoms with Gasteiger partial charge in [0.2, 0.25) is 0 Å². The number of unbranched alkanes of at least 4 members (excludes halogenated alkanes) is 1. The van der Waals surface area contributed by atoms with E-state index in [-0.39, 0.29) is 5.60 Å². The van der Waals surface area contributed by atoms with Gasteiger partial charge >= 0.3 is 0 Å². The molecule has 2 nitrogen and oxygen atoms in total. The maximum Gasteiger partial charge on any atom is 0.0806 e. The fourth-order valence-electron chi connectivity index (χ4n) is 2.45. The van der Waals surface area contributed by atoms with Crippen molar-refractivity contribution in [1.29, 1.82) is 0 Å². The van der Waals surface area contributed by atoms with Crippen molar-refractivity contribution in [2.24, 2.45) is 5.92 Å². The molecule has 1 fully saturated rings. The Bertz CT molecular complexity index is 168. The molecular formula is C14H29NO. The number of ether oxygens (including phenoxy) is 1. The number of rotatable bonds is 7. The Hall–Kier alpha value is -0.0800. The van der Waals surface area contributed by atoms with E-state index in [4.69, 9.17) is 4.74 Å². The van der Waals surface area contributed by atoms with E-state index in [1.807, 2.05) is 0 Å². The molecule has 1 aliphatic carbocycles. The summed E-state index contributed by atoms with van der Waals surface area (Å²) in [6, 6.07) is 0. The van der Waals surface area contributed by atoms with Crippen molar-refractivity contribution in [3.8, 4) is 0 Å². The normalized spacial score (nSPS) is 30.6. The molecule has 2 heteroatoms. The highest BCUT2D eigenvalue weighted by Gasteiger charge is 2.34. The van der Waals surface area contributed by atoms with Gasteiger partial charge in [0, 0.05) is 13.2 Å². The molecule has 0 bridgehead atoms. The molecule has 0 radical (unpaired) electrons. The second-order valence-electron chi connectivity index (χ2n) is 5.35. The van der Waals surface area contributed by atoms with Crippen LogP contribution < -0.4 is 5.32 Å². The lowest BCUT2D eigenvalue weighted by atomic mass is 9.79. The first-order chi connectivity index (χ1) is 7.72. The third kappa shape index (κ3) is 4.42. The van der Waals surface area contributed by atoms with Crippen LogP contribution in [0.25, 0.3) is 0 Å². The zero-order chi connectivity index (χ0) is 11.9. The molecule has 0 saturated heterocycles. The van der Waals surface area contributed by atoms with E-state index < -0.39 is 0 Å². The fraction of sp³-hybridized carbons (Fsp3) is 1.00. The third-order valence-corrected chi connectivity index (χ3v) is 3.79. The van der Waals surface area contributed by atoms with Gasteiger partial charge in [-0.05, 0) is 44.6 Å². The molecule has 0 heterocycles. The average molecular weight is 227 g/mol. The average Bonchev–Trinajstić information content (AvgIpc) is 2.31. The lowest BCUT2D eigenvalue weighted by molar-refractivity contribution is -0.0757. The van der Waals surface area contributed by atoms with Crippen molar-refractivity contribution in [2.45, 2.75) is 64.9 Å². The second-order valence-corrected chi connectivity index (χ2v) is 5.35. The lowest BCUT2D eigenvalue weighted by Gasteiger charge is -2.39. The zero-order valence-corrected chi connectivity index (χ0v) is 11.3. The standard InChI is InChI=1S/C14H29NO/c1-4-6-11-16-14(12-15-5-2)9-7-13(3)8-10-14/h13,15H,4-12H2,1-3H3. The molecule has 0 aliphatic heterocycles. The molecule has 0 spiro atoms. The van der Waals surface area contributed by atoms with Crippen LogP contribution in [-0.4, -0.2) is 25.3 Å². The van der Waals surface area contributed by atoms with E-state index in [9.17, 15) is 0 Å². The van der Waals surface area contributed by atoms with Gasteiger partial charge in [-0.2, -0.15) is 0 Å². The highest BCUT2D eigenvalue weighted by Crippen LogP contribution is 2.34. The van der Waals surface area contributed by atoms with Crippen LogP contribution in [0.4, 0.5) is 0 Å². The Balaban J connectivity index is 2.40. The summed E-state index contributed by atoms with van der Waals surface area (Å²) in [7, 11) is 0. The Labute approximate surface area is 101 Å². The summed E-state index contributed by atoms with van der Waals surface area (Å²) in [5, 5.41) is 3.48. The zero-order valence-electron chi connectivity index (χ0n) is 11.3. The number of likely N-dealkylation sites (N-methyl/N-ethyl adjacent to an activating group) is 1. The van der Waals surface area contributed by atoms with E-state index >= 15 is 0 Å². The molecule has 0 aromatic rings. The Kier molecular flexibility index (Phi) is 6.37. The van der Waals surface area contributed by atoms with Gasteiger partial charge in [-0.3, -0.25) is 0 Å². The van der Waals surface area contributed by atoms with Crippen molar-refractivity contribution < 1.29 is 4.74 Å². The van der Waals surface area contributed by atoms with Gasteiger partial charge in [0.15, 0.2) is 0 Å². The van der Waals surface area contributed by atoms with Crippen molar-refractivity contribution in [3.63, 3.8) is 0 Å². The van der Waals surface area contributed by atoms with Gasteiger partial charge in [0.25, 0.3) is 0 Å². The molecule has 1 aliphatic rings. The molecule has 0 aromatic heterocycles. The van der Waals surface area contributed by atoms with Gasteiger partial charge in [-0.15, -0.1) is 0 Å². The minimum atomic E-state index is 0.150. The molecule has 0 unspecified atom stereocenters. The van der Waals surface area contributed by atoms with Crippen LogP contribution in [-0.2, 0) is 4.74 Å². The van der Waals surface area contributed by atoms with Crippen molar-refractivity contribution in [1.82, 2.24) is 5.32 Å². The summed E-state index contributed by atoms with van der Waals surface area (Å²) < 4.78 is 6.20. The number of hydrogen-bond acceptors (Lipinski definition) is 2. The number of nitrogens with one attached hydrogen (secondary N) is 1. The van der Waals surface area contributed by atoms with Crippen LogP contribution in [0.15, 0.2) is 0 Å². The first-order valence-electron chi connectivity index (χ1n) is 7.07. The molecule has 1 N–H and O–H groups in total. The largest absolute Gasteiger partial charge is 0.374 e. The van der Waals surface area contributed by atoms with Gasteiger partial charge in [-0.25, -0.2) is 0 Å². The smallest absolute Gasteiger partial charge is 0.0806 e. The molecular weight excluding hydrogens is 198 g/mol. The second kappa shape index (κ2) is 7.29.